The average molecular weight is 322 g/mol. The SMILES string of the molecule is CCCCSc1nnc2n(CCC)c(=O)c3sccc3n12. The van der Waals surface area contributed by atoms with Gasteiger partial charge in [-0.3, -0.25) is 13.8 Å². The van der Waals surface area contributed by atoms with Gasteiger partial charge in [0, 0.05) is 12.3 Å². The molecule has 7 heteroatoms. The van der Waals surface area contributed by atoms with Crippen LogP contribution in [0.4, 0.5) is 0 Å². The third-order valence-electron chi connectivity index (χ3n) is 3.36. The summed E-state index contributed by atoms with van der Waals surface area (Å²) >= 11 is 3.20. The summed E-state index contributed by atoms with van der Waals surface area (Å²) in [4.78, 5) is 12.5. The Morgan fingerprint density at radius 1 is 1.29 bits per heavy atom. The number of aromatic nitrogens is 4. The first-order chi connectivity index (χ1) is 10.3. The molecule has 5 nitrogen and oxygen atoms in total. The van der Waals surface area contributed by atoms with Gasteiger partial charge in [0.15, 0.2) is 5.16 Å². The second kappa shape index (κ2) is 6.19. The number of thioether (sulfide) groups is 1. The second-order valence-electron chi connectivity index (χ2n) is 4.91. The van der Waals surface area contributed by atoms with E-state index < -0.39 is 0 Å². The molecule has 0 fully saturated rings. The van der Waals surface area contributed by atoms with Gasteiger partial charge in [-0.25, -0.2) is 0 Å². The van der Waals surface area contributed by atoms with E-state index in [4.69, 9.17) is 0 Å². The van der Waals surface area contributed by atoms with Crippen molar-refractivity contribution in [1.82, 2.24) is 19.2 Å². The highest BCUT2D eigenvalue weighted by atomic mass is 32.2. The van der Waals surface area contributed by atoms with Gasteiger partial charge in [0.2, 0.25) is 5.78 Å². The van der Waals surface area contributed by atoms with Crippen LogP contribution in [0, 0.1) is 0 Å². The molecule has 0 aliphatic rings. The van der Waals surface area contributed by atoms with Crippen molar-refractivity contribution in [2.75, 3.05) is 5.75 Å². The topological polar surface area (TPSA) is 52.2 Å². The van der Waals surface area contributed by atoms with Crippen molar-refractivity contribution in [3.8, 4) is 0 Å². The van der Waals surface area contributed by atoms with Crippen LogP contribution in [-0.2, 0) is 6.54 Å². The van der Waals surface area contributed by atoms with E-state index in [1.165, 1.54) is 11.3 Å². The maximum atomic E-state index is 12.5. The smallest absolute Gasteiger partial charge is 0.272 e. The highest BCUT2D eigenvalue weighted by Gasteiger charge is 2.16. The van der Waals surface area contributed by atoms with Crippen LogP contribution in [0.1, 0.15) is 33.1 Å². The Hall–Kier alpha value is -1.34. The highest BCUT2D eigenvalue weighted by molar-refractivity contribution is 7.99. The molecule has 0 amide bonds. The first kappa shape index (κ1) is 14.6. The van der Waals surface area contributed by atoms with Gasteiger partial charge >= 0.3 is 0 Å². The molecular weight excluding hydrogens is 304 g/mol. The number of nitrogens with zero attached hydrogens (tertiary/aromatic N) is 4. The molecule has 3 aromatic rings. The number of hydrogen-bond donors (Lipinski definition) is 0. The van der Waals surface area contributed by atoms with E-state index in [-0.39, 0.29) is 5.56 Å². The van der Waals surface area contributed by atoms with Gasteiger partial charge in [0.1, 0.15) is 4.70 Å². The van der Waals surface area contributed by atoms with Crippen molar-refractivity contribution in [3.63, 3.8) is 0 Å². The van der Waals surface area contributed by atoms with Crippen LogP contribution in [0.5, 0.6) is 0 Å². The lowest BCUT2D eigenvalue weighted by molar-refractivity contribution is 0.663. The summed E-state index contributed by atoms with van der Waals surface area (Å²) in [7, 11) is 0. The van der Waals surface area contributed by atoms with E-state index in [1.807, 2.05) is 15.8 Å². The van der Waals surface area contributed by atoms with Crippen molar-refractivity contribution in [2.24, 2.45) is 0 Å². The Balaban J connectivity index is 2.22. The van der Waals surface area contributed by atoms with Crippen molar-refractivity contribution in [2.45, 2.75) is 44.8 Å². The van der Waals surface area contributed by atoms with Crippen molar-refractivity contribution in [3.05, 3.63) is 21.8 Å². The zero-order valence-corrected chi connectivity index (χ0v) is 13.8. The largest absolute Gasteiger partial charge is 0.276 e. The number of hydrogen-bond acceptors (Lipinski definition) is 5. The molecule has 0 atom stereocenters. The number of thiophene rings is 1. The third kappa shape index (κ3) is 2.48. The Bertz CT molecular complexity index is 817. The Labute approximate surface area is 131 Å². The second-order valence-corrected chi connectivity index (χ2v) is 6.89. The first-order valence-corrected chi connectivity index (χ1v) is 9.12. The summed E-state index contributed by atoms with van der Waals surface area (Å²) in [6.07, 6.45) is 3.22. The standard InChI is InChI=1S/C14H18N4OS2/c1-3-5-8-21-14-16-15-13-17(7-4-2)12(19)11-10(18(13)14)6-9-20-11/h6,9H,3-5,7-8H2,1-2H3. The minimum absolute atomic E-state index is 0.0480. The molecule has 112 valence electrons. The molecular formula is C14H18N4OS2. The summed E-state index contributed by atoms with van der Waals surface area (Å²) in [5.41, 5.74) is 0.975. The molecule has 0 spiro atoms. The van der Waals surface area contributed by atoms with E-state index >= 15 is 0 Å². The Kier molecular flexibility index (Phi) is 4.30. The fraction of sp³-hybridized carbons (Fsp3) is 0.500. The van der Waals surface area contributed by atoms with E-state index in [1.54, 1.807) is 16.3 Å². The molecule has 3 aromatic heterocycles. The predicted molar refractivity (Wildman–Crippen MR) is 88.6 cm³/mol. The predicted octanol–water partition coefficient (Wildman–Crippen LogP) is 3.41. The fourth-order valence-corrected chi connectivity index (χ4v) is 4.17. The number of unbranched alkanes of at least 4 members (excludes halogenated alkanes) is 1. The van der Waals surface area contributed by atoms with E-state index in [9.17, 15) is 4.79 Å². The average Bonchev–Trinajstić information content (AvgIpc) is 3.10. The fourth-order valence-electron chi connectivity index (χ4n) is 2.33. The summed E-state index contributed by atoms with van der Waals surface area (Å²) in [5.74, 6) is 1.68. The van der Waals surface area contributed by atoms with Gasteiger partial charge in [-0.1, -0.05) is 32.0 Å². The van der Waals surface area contributed by atoms with Crippen LogP contribution in [0.3, 0.4) is 0 Å². The maximum Gasteiger partial charge on any atom is 0.272 e. The molecule has 0 bridgehead atoms. The minimum atomic E-state index is 0.0480. The lowest BCUT2D eigenvalue weighted by Crippen LogP contribution is -2.22. The van der Waals surface area contributed by atoms with Crippen LogP contribution in [-0.4, -0.2) is 24.9 Å². The summed E-state index contributed by atoms with van der Waals surface area (Å²) in [5, 5.41) is 11.4. The van der Waals surface area contributed by atoms with Gasteiger partial charge in [-0.15, -0.1) is 21.5 Å². The molecule has 0 saturated heterocycles. The molecule has 21 heavy (non-hydrogen) atoms. The van der Waals surface area contributed by atoms with Crippen molar-refractivity contribution >= 4 is 39.1 Å². The van der Waals surface area contributed by atoms with Crippen LogP contribution in [0.25, 0.3) is 16.0 Å². The zero-order chi connectivity index (χ0) is 14.8. The zero-order valence-electron chi connectivity index (χ0n) is 12.2. The monoisotopic (exact) mass is 322 g/mol. The Morgan fingerprint density at radius 3 is 2.90 bits per heavy atom. The number of fused-ring (bicyclic) bond motifs is 3. The van der Waals surface area contributed by atoms with Gasteiger partial charge in [0.25, 0.3) is 5.56 Å². The number of rotatable bonds is 6. The lowest BCUT2D eigenvalue weighted by Gasteiger charge is -2.07. The van der Waals surface area contributed by atoms with Gasteiger partial charge in [0.05, 0.1) is 5.52 Å². The van der Waals surface area contributed by atoms with Crippen LogP contribution in [0.2, 0.25) is 0 Å². The lowest BCUT2D eigenvalue weighted by atomic mass is 10.4. The van der Waals surface area contributed by atoms with Gasteiger partial charge < -0.3 is 0 Å². The van der Waals surface area contributed by atoms with E-state index in [2.05, 4.69) is 24.0 Å². The van der Waals surface area contributed by atoms with Crippen molar-refractivity contribution in [1.29, 1.82) is 0 Å². The van der Waals surface area contributed by atoms with Gasteiger partial charge in [-0.2, -0.15) is 0 Å². The normalized spacial score (nSPS) is 11.7. The third-order valence-corrected chi connectivity index (χ3v) is 5.27. The molecule has 0 aromatic carbocycles. The van der Waals surface area contributed by atoms with E-state index in [0.29, 0.717) is 12.3 Å². The molecule has 0 saturated carbocycles. The quantitative estimate of drug-likeness (QED) is 0.515. The summed E-state index contributed by atoms with van der Waals surface area (Å²) in [6.45, 7) is 4.92. The molecule has 0 unspecified atom stereocenters. The highest BCUT2D eigenvalue weighted by Crippen LogP contribution is 2.24. The van der Waals surface area contributed by atoms with Crippen LogP contribution >= 0.6 is 23.1 Å². The minimum Gasteiger partial charge on any atom is -0.276 e. The van der Waals surface area contributed by atoms with Crippen LogP contribution in [0.15, 0.2) is 21.4 Å². The summed E-state index contributed by atoms with van der Waals surface area (Å²) in [6, 6.07) is 1.98. The summed E-state index contributed by atoms with van der Waals surface area (Å²) < 4.78 is 4.56. The first-order valence-electron chi connectivity index (χ1n) is 7.25. The van der Waals surface area contributed by atoms with Gasteiger partial charge in [-0.05, 0) is 24.3 Å². The van der Waals surface area contributed by atoms with Crippen LogP contribution < -0.4 is 5.56 Å². The molecule has 3 heterocycles. The number of aryl methyl sites for hydroxylation is 1. The molecule has 0 radical (unpaired) electrons. The molecule has 0 aliphatic carbocycles. The van der Waals surface area contributed by atoms with E-state index in [0.717, 1.165) is 40.4 Å². The maximum absolute atomic E-state index is 12.5. The molecule has 3 rings (SSSR count). The molecule has 0 N–H and O–H groups in total. The molecule has 0 aliphatic heterocycles. The van der Waals surface area contributed by atoms with Crippen molar-refractivity contribution < 1.29 is 0 Å². The Morgan fingerprint density at radius 2 is 2.14 bits per heavy atom.